The highest BCUT2D eigenvalue weighted by Crippen LogP contribution is 2.06. The number of alkyl carbamates (subject to hydrolysis) is 1. The van der Waals surface area contributed by atoms with E-state index in [1.165, 1.54) is 0 Å². The number of amides is 1. The SMILES string of the molecule is CN=C(NCCNC(=O)OC(C)(C)C)NCC1CN(C)CCN1C. The summed E-state index contributed by atoms with van der Waals surface area (Å²) in [6, 6.07) is 0.460. The zero-order valence-electron chi connectivity index (χ0n) is 16.0. The average molecular weight is 342 g/mol. The molecule has 1 amide bonds. The first-order chi connectivity index (χ1) is 11.2. The monoisotopic (exact) mass is 342 g/mol. The number of nitrogens with zero attached hydrogens (tertiary/aromatic N) is 3. The van der Waals surface area contributed by atoms with Crippen LogP contribution in [0, 0.1) is 0 Å². The topological polar surface area (TPSA) is 81.2 Å². The Labute approximate surface area is 146 Å². The summed E-state index contributed by atoms with van der Waals surface area (Å²) in [6.07, 6.45) is -0.404. The van der Waals surface area contributed by atoms with E-state index < -0.39 is 11.7 Å². The van der Waals surface area contributed by atoms with Gasteiger partial charge in [-0.05, 0) is 34.9 Å². The van der Waals surface area contributed by atoms with Crippen LogP contribution in [0.5, 0.6) is 0 Å². The molecule has 1 rings (SSSR count). The number of guanidine groups is 1. The molecule has 1 aliphatic heterocycles. The molecule has 1 fully saturated rings. The van der Waals surface area contributed by atoms with E-state index in [1.54, 1.807) is 7.05 Å². The Morgan fingerprint density at radius 2 is 1.83 bits per heavy atom. The lowest BCUT2D eigenvalue weighted by Gasteiger charge is -2.37. The van der Waals surface area contributed by atoms with Crippen LogP contribution in [0.3, 0.4) is 0 Å². The van der Waals surface area contributed by atoms with Crippen LogP contribution in [-0.2, 0) is 4.74 Å². The van der Waals surface area contributed by atoms with Crippen molar-refractivity contribution in [1.29, 1.82) is 0 Å². The Morgan fingerprint density at radius 1 is 1.17 bits per heavy atom. The number of carbonyl (C=O) groups excluding carboxylic acids is 1. The molecule has 24 heavy (non-hydrogen) atoms. The molecule has 0 radical (unpaired) electrons. The van der Waals surface area contributed by atoms with E-state index in [0.717, 1.165) is 32.1 Å². The number of carbonyl (C=O) groups is 1. The molecular weight excluding hydrogens is 308 g/mol. The molecule has 3 N–H and O–H groups in total. The van der Waals surface area contributed by atoms with Crippen molar-refractivity contribution < 1.29 is 9.53 Å². The maximum Gasteiger partial charge on any atom is 0.407 e. The van der Waals surface area contributed by atoms with E-state index in [2.05, 4.69) is 44.8 Å². The van der Waals surface area contributed by atoms with Crippen LogP contribution in [0.1, 0.15) is 20.8 Å². The number of nitrogens with one attached hydrogen (secondary N) is 3. The van der Waals surface area contributed by atoms with Crippen LogP contribution in [0.4, 0.5) is 4.79 Å². The molecule has 140 valence electrons. The third-order valence-electron chi connectivity index (χ3n) is 3.79. The molecule has 8 heteroatoms. The standard InChI is InChI=1S/C16H34N6O2/c1-16(2,3)24-15(23)19-8-7-18-14(17-4)20-11-13-12-21(5)9-10-22(13)6/h13H,7-12H2,1-6H3,(H,19,23)(H2,17,18,20). The molecule has 0 aromatic rings. The molecule has 0 aliphatic carbocycles. The molecule has 0 spiro atoms. The van der Waals surface area contributed by atoms with Crippen LogP contribution < -0.4 is 16.0 Å². The second kappa shape index (κ2) is 9.68. The number of piperazine rings is 1. The average Bonchev–Trinajstić information content (AvgIpc) is 2.48. The van der Waals surface area contributed by atoms with Gasteiger partial charge >= 0.3 is 6.09 Å². The van der Waals surface area contributed by atoms with Gasteiger partial charge in [0.2, 0.25) is 0 Å². The Bertz CT molecular complexity index is 421. The molecule has 0 saturated carbocycles. The number of hydrogen-bond acceptors (Lipinski definition) is 5. The van der Waals surface area contributed by atoms with Gasteiger partial charge in [0.25, 0.3) is 0 Å². The van der Waals surface area contributed by atoms with Crippen molar-refractivity contribution >= 4 is 12.1 Å². The lowest BCUT2D eigenvalue weighted by molar-refractivity contribution is 0.0529. The molecule has 0 bridgehead atoms. The normalized spacial score (nSPS) is 20.6. The van der Waals surface area contributed by atoms with E-state index in [9.17, 15) is 4.79 Å². The molecule has 0 aromatic heterocycles. The lowest BCUT2D eigenvalue weighted by Crippen LogP contribution is -2.55. The van der Waals surface area contributed by atoms with Crippen molar-refractivity contribution in [3.63, 3.8) is 0 Å². The van der Waals surface area contributed by atoms with Crippen molar-refractivity contribution in [2.75, 3.05) is 60.4 Å². The lowest BCUT2D eigenvalue weighted by atomic mass is 10.2. The van der Waals surface area contributed by atoms with Crippen molar-refractivity contribution in [3.05, 3.63) is 0 Å². The third-order valence-corrected chi connectivity index (χ3v) is 3.79. The second-order valence-electron chi connectivity index (χ2n) is 7.21. The number of ether oxygens (including phenoxy) is 1. The van der Waals surface area contributed by atoms with E-state index >= 15 is 0 Å². The molecule has 0 aromatic carbocycles. The number of likely N-dealkylation sites (N-methyl/N-ethyl adjacent to an activating group) is 2. The first-order valence-corrected chi connectivity index (χ1v) is 8.51. The van der Waals surface area contributed by atoms with Crippen molar-refractivity contribution in [2.24, 2.45) is 4.99 Å². The highest BCUT2D eigenvalue weighted by molar-refractivity contribution is 5.79. The summed E-state index contributed by atoms with van der Waals surface area (Å²) in [5, 5.41) is 9.25. The fourth-order valence-corrected chi connectivity index (χ4v) is 2.42. The second-order valence-corrected chi connectivity index (χ2v) is 7.21. The maximum atomic E-state index is 11.6. The molecule has 1 aliphatic rings. The Balaban J connectivity index is 2.22. The summed E-state index contributed by atoms with van der Waals surface area (Å²) in [5.41, 5.74) is -0.478. The van der Waals surface area contributed by atoms with Gasteiger partial charge in [-0.25, -0.2) is 4.79 Å². The van der Waals surface area contributed by atoms with Gasteiger partial charge in [0.05, 0.1) is 0 Å². The molecule has 1 unspecified atom stereocenters. The summed E-state index contributed by atoms with van der Waals surface area (Å²) in [4.78, 5) is 20.5. The van der Waals surface area contributed by atoms with E-state index in [0.29, 0.717) is 19.1 Å². The Kier molecular flexibility index (Phi) is 8.27. The molecule has 1 atom stereocenters. The van der Waals surface area contributed by atoms with Gasteiger partial charge < -0.3 is 25.6 Å². The van der Waals surface area contributed by atoms with Crippen molar-refractivity contribution in [1.82, 2.24) is 25.8 Å². The minimum Gasteiger partial charge on any atom is -0.444 e. The molecule has 8 nitrogen and oxygen atoms in total. The summed E-state index contributed by atoms with van der Waals surface area (Å²) < 4.78 is 5.19. The van der Waals surface area contributed by atoms with Gasteiger partial charge in [-0.15, -0.1) is 0 Å². The Hall–Kier alpha value is -1.54. The van der Waals surface area contributed by atoms with Crippen LogP contribution in [0.2, 0.25) is 0 Å². The molecule has 1 saturated heterocycles. The van der Waals surface area contributed by atoms with Crippen LogP contribution >= 0.6 is 0 Å². The quantitative estimate of drug-likeness (QED) is 0.368. The van der Waals surface area contributed by atoms with Gasteiger partial charge in [0.15, 0.2) is 5.96 Å². The minimum absolute atomic E-state index is 0.404. The zero-order valence-corrected chi connectivity index (χ0v) is 16.0. The van der Waals surface area contributed by atoms with Crippen molar-refractivity contribution in [3.8, 4) is 0 Å². The number of rotatable bonds is 5. The van der Waals surface area contributed by atoms with Crippen molar-refractivity contribution in [2.45, 2.75) is 32.4 Å². The van der Waals surface area contributed by atoms with Gasteiger partial charge in [0, 0.05) is 52.4 Å². The maximum absolute atomic E-state index is 11.6. The Morgan fingerprint density at radius 3 is 2.46 bits per heavy atom. The van der Waals surface area contributed by atoms with Crippen LogP contribution in [-0.4, -0.2) is 93.9 Å². The highest BCUT2D eigenvalue weighted by Gasteiger charge is 2.22. The summed E-state index contributed by atoms with van der Waals surface area (Å²) in [7, 11) is 6.04. The van der Waals surface area contributed by atoms with Gasteiger partial charge in [-0.1, -0.05) is 0 Å². The fraction of sp³-hybridized carbons (Fsp3) is 0.875. The predicted octanol–water partition coefficient (Wildman–Crippen LogP) is -0.0781. The predicted molar refractivity (Wildman–Crippen MR) is 97.5 cm³/mol. The highest BCUT2D eigenvalue weighted by atomic mass is 16.6. The van der Waals surface area contributed by atoms with E-state index in [4.69, 9.17) is 4.74 Å². The van der Waals surface area contributed by atoms with Gasteiger partial charge in [0.1, 0.15) is 5.60 Å². The summed E-state index contributed by atoms with van der Waals surface area (Å²) in [6.45, 7) is 10.6. The van der Waals surface area contributed by atoms with E-state index in [1.807, 2.05) is 20.8 Å². The fourth-order valence-electron chi connectivity index (χ4n) is 2.42. The minimum atomic E-state index is -0.478. The first kappa shape index (κ1) is 20.5. The first-order valence-electron chi connectivity index (χ1n) is 8.51. The molecule has 1 heterocycles. The summed E-state index contributed by atoms with van der Waals surface area (Å²) in [5.74, 6) is 0.739. The van der Waals surface area contributed by atoms with E-state index in [-0.39, 0.29) is 0 Å². The molecular formula is C16H34N6O2. The van der Waals surface area contributed by atoms with Crippen LogP contribution in [0.25, 0.3) is 0 Å². The van der Waals surface area contributed by atoms with Crippen LogP contribution in [0.15, 0.2) is 4.99 Å². The zero-order chi connectivity index (χ0) is 18.2. The van der Waals surface area contributed by atoms with Gasteiger partial charge in [-0.2, -0.15) is 0 Å². The number of hydrogen-bond donors (Lipinski definition) is 3. The summed E-state index contributed by atoms with van der Waals surface area (Å²) >= 11 is 0. The largest absolute Gasteiger partial charge is 0.444 e. The number of aliphatic imine (C=N–C) groups is 1. The smallest absolute Gasteiger partial charge is 0.407 e. The third kappa shape index (κ3) is 8.35. The van der Waals surface area contributed by atoms with Gasteiger partial charge in [-0.3, -0.25) is 9.89 Å².